The topological polar surface area (TPSA) is 23.6 Å². The molecule has 2 aliphatic rings. The van der Waals surface area contributed by atoms with Crippen molar-refractivity contribution in [2.24, 2.45) is 0 Å². The summed E-state index contributed by atoms with van der Waals surface area (Å²) in [6, 6.07) is 15.1. The number of hydrogen-bond donors (Lipinski definition) is 0. The smallest absolute Gasteiger partial charge is 0.244 e. The van der Waals surface area contributed by atoms with Crippen molar-refractivity contribution in [2.75, 3.05) is 11.4 Å². The summed E-state index contributed by atoms with van der Waals surface area (Å²) in [5, 5.41) is 0. The van der Waals surface area contributed by atoms with E-state index in [1.807, 2.05) is 0 Å². The van der Waals surface area contributed by atoms with E-state index < -0.39 is 0 Å². The Labute approximate surface area is 141 Å². The average Bonchev–Trinajstić information content (AvgIpc) is 3.14. The molecule has 2 atom stereocenters. The van der Waals surface area contributed by atoms with E-state index in [0.717, 1.165) is 25.9 Å². The second-order valence-electron chi connectivity index (χ2n) is 6.66. The van der Waals surface area contributed by atoms with Gasteiger partial charge in [0.25, 0.3) is 0 Å². The normalized spacial score (nSPS) is 23.2. The molecule has 0 saturated carbocycles. The molecule has 0 unspecified atom stereocenters. The van der Waals surface area contributed by atoms with Crippen molar-refractivity contribution in [3.8, 4) is 0 Å². The number of halogens is 1. The van der Waals surface area contributed by atoms with E-state index in [2.05, 4.69) is 36.1 Å². The first-order valence-corrected chi connectivity index (χ1v) is 8.57. The lowest BCUT2D eigenvalue weighted by Gasteiger charge is -2.34. The second-order valence-corrected chi connectivity index (χ2v) is 6.66. The Morgan fingerprint density at radius 3 is 2.46 bits per heavy atom. The Bertz CT molecular complexity index is 758. The minimum atomic E-state index is -0.319. The number of anilines is 1. The van der Waals surface area contributed by atoms with Crippen LogP contribution in [-0.4, -0.2) is 29.4 Å². The van der Waals surface area contributed by atoms with Gasteiger partial charge in [0.05, 0.1) is 17.8 Å². The number of aryl methyl sites for hydroxylation is 1. The first kappa shape index (κ1) is 15.3. The van der Waals surface area contributed by atoms with Crippen LogP contribution in [0.3, 0.4) is 0 Å². The molecular weight excluding hydrogens is 303 g/mol. The Balaban J connectivity index is 1.50. The number of likely N-dealkylation sites (tertiary alicyclic amines) is 1. The molecule has 2 saturated heterocycles. The molecule has 0 radical (unpaired) electrons. The molecule has 4 rings (SSSR count). The van der Waals surface area contributed by atoms with Gasteiger partial charge in [0.15, 0.2) is 0 Å². The zero-order valence-electron chi connectivity index (χ0n) is 13.8. The first-order valence-electron chi connectivity index (χ1n) is 8.57. The molecule has 2 aromatic rings. The minimum absolute atomic E-state index is 0.0292. The SMILES string of the molecule is CCc1ccc(CN2C[C@@H]3C[C@H]2C(=O)N3c2ccccc2F)cc1. The maximum atomic E-state index is 14.0. The summed E-state index contributed by atoms with van der Waals surface area (Å²) in [7, 11) is 0. The Morgan fingerprint density at radius 2 is 1.79 bits per heavy atom. The third-order valence-electron chi connectivity index (χ3n) is 5.20. The third kappa shape index (κ3) is 2.51. The number of benzene rings is 2. The monoisotopic (exact) mass is 324 g/mol. The van der Waals surface area contributed by atoms with Crippen molar-refractivity contribution in [1.82, 2.24) is 4.90 Å². The van der Waals surface area contributed by atoms with Gasteiger partial charge in [0, 0.05) is 13.1 Å². The van der Waals surface area contributed by atoms with Crippen LogP contribution in [-0.2, 0) is 17.8 Å². The van der Waals surface area contributed by atoms with Crippen LogP contribution in [0.25, 0.3) is 0 Å². The Morgan fingerprint density at radius 1 is 1.08 bits per heavy atom. The fourth-order valence-electron chi connectivity index (χ4n) is 3.92. The van der Waals surface area contributed by atoms with Crippen molar-refractivity contribution < 1.29 is 9.18 Å². The van der Waals surface area contributed by atoms with Gasteiger partial charge in [-0.05, 0) is 36.1 Å². The van der Waals surface area contributed by atoms with Crippen LogP contribution in [0.4, 0.5) is 10.1 Å². The highest BCUT2D eigenvalue weighted by atomic mass is 19.1. The van der Waals surface area contributed by atoms with Crippen LogP contribution in [0.1, 0.15) is 24.5 Å². The van der Waals surface area contributed by atoms with Crippen molar-refractivity contribution in [1.29, 1.82) is 0 Å². The van der Waals surface area contributed by atoms with E-state index in [-0.39, 0.29) is 23.8 Å². The van der Waals surface area contributed by atoms with Gasteiger partial charge in [0.2, 0.25) is 5.91 Å². The van der Waals surface area contributed by atoms with E-state index >= 15 is 0 Å². The number of rotatable bonds is 4. The van der Waals surface area contributed by atoms with Crippen LogP contribution in [0.5, 0.6) is 0 Å². The van der Waals surface area contributed by atoms with Crippen molar-refractivity contribution in [2.45, 2.75) is 38.4 Å². The minimum Gasteiger partial charge on any atom is -0.304 e. The number of nitrogens with zero attached hydrogens (tertiary/aromatic N) is 2. The maximum absolute atomic E-state index is 14.0. The zero-order valence-corrected chi connectivity index (χ0v) is 13.8. The molecule has 1 amide bonds. The van der Waals surface area contributed by atoms with Gasteiger partial charge in [-0.2, -0.15) is 0 Å². The molecule has 24 heavy (non-hydrogen) atoms. The lowest BCUT2D eigenvalue weighted by atomic mass is 10.1. The van der Waals surface area contributed by atoms with E-state index in [1.54, 1.807) is 23.1 Å². The summed E-state index contributed by atoms with van der Waals surface area (Å²) in [6.45, 7) is 3.73. The van der Waals surface area contributed by atoms with E-state index in [9.17, 15) is 9.18 Å². The van der Waals surface area contributed by atoms with E-state index in [0.29, 0.717) is 5.69 Å². The van der Waals surface area contributed by atoms with Gasteiger partial charge in [-0.25, -0.2) is 4.39 Å². The summed E-state index contributed by atoms with van der Waals surface area (Å²) in [6.07, 6.45) is 1.82. The highest BCUT2D eigenvalue weighted by Crippen LogP contribution is 2.37. The van der Waals surface area contributed by atoms with Crippen molar-refractivity contribution in [3.63, 3.8) is 0 Å². The van der Waals surface area contributed by atoms with Gasteiger partial charge in [-0.3, -0.25) is 9.69 Å². The fraction of sp³-hybridized carbons (Fsp3) is 0.350. The number of carbonyl (C=O) groups is 1. The zero-order chi connectivity index (χ0) is 16.7. The highest BCUT2D eigenvalue weighted by molar-refractivity contribution is 6.01. The van der Waals surface area contributed by atoms with Crippen LogP contribution >= 0.6 is 0 Å². The van der Waals surface area contributed by atoms with Crippen LogP contribution < -0.4 is 4.90 Å². The molecule has 2 aromatic carbocycles. The molecule has 0 spiro atoms. The van der Waals surface area contributed by atoms with Crippen LogP contribution in [0.15, 0.2) is 48.5 Å². The molecule has 2 bridgehead atoms. The standard InChI is InChI=1S/C20H21FN2O/c1-2-14-7-9-15(10-8-14)12-22-13-16-11-19(22)20(24)23(16)18-6-4-3-5-17(18)21/h3-10,16,19H,2,11-13H2,1H3/t16-,19-/m0/s1. The molecule has 0 aliphatic carbocycles. The number of amides is 1. The summed E-state index contributed by atoms with van der Waals surface area (Å²) in [5.74, 6) is -0.290. The van der Waals surface area contributed by atoms with Gasteiger partial charge >= 0.3 is 0 Å². The summed E-state index contributed by atoms with van der Waals surface area (Å²) in [4.78, 5) is 16.6. The third-order valence-corrected chi connectivity index (χ3v) is 5.20. The molecule has 2 fully saturated rings. The van der Waals surface area contributed by atoms with E-state index in [4.69, 9.17) is 0 Å². The summed E-state index contributed by atoms with van der Waals surface area (Å²) < 4.78 is 14.0. The quantitative estimate of drug-likeness (QED) is 0.861. The molecule has 2 aliphatic heterocycles. The number of fused-ring (bicyclic) bond motifs is 2. The summed E-state index contributed by atoms with van der Waals surface area (Å²) >= 11 is 0. The number of carbonyl (C=O) groups excluding carboxylic acids is 1. The number of para-hydroxylation sites is 1. The highest BCUT2D eigenvalue weighted by Gasteiger charge is 2.50. The lowest BCUT2D eigenvalue weighted by molar-refractivity contribution is -0.122. The van der Waals surface area contributed by atoms with E-state index in [1.165, 1.54) is 17.2 Å². The number of piperazine rings is 1. The van der Waals surface area contributed by atoms with Crippen molar-refractivity contribution in [3.05, 3.63) is 65.5 Å². The molecule has 4 heteroatoms. The second kappa shape index (κ2) is 6.02. The van der Waals surface area contributed by atoms with Gasteiger partial charge in [0.1, 0.15) is 5.82 Å². The molecular formula is C20H21FN2O. The molecule has 3 nitrogen and oxygen atoms in total. The molecule has 0 N–H and O–H groups in total. The largest absolute Gasteiger partial charge is 0.304 e. The van der Waals surface area contributed by atoms with Crippen molar-refractivity contribution >= 4 is 11.6 Å². The van der Waals surface area contributed by atoms with Gasteiger partial charge in [-0.1, -0.05) is 43.3 Å². The van der Waals surface area contributed by atoms with Crippen LogP contribution in [0, 0.1) is 5.82 Å². The lowest BCUT2D eigenvalue weighted by Crippen LogP contribution is -2.50. The number of hydrogen-bond acceptors (Lipinski definition) is 2. The maximum Gasteiger partial charge on any atom is 0.244 e. The predicted molar refractivity (Wildman–Crippen MR) is 92.3 cm³/mol. The van der Waals surface area contributed by atoms with Crippen LogP contribution in [0.2, 0.25) is 0 Å². The average molecular weight is 324 g/mol. The fourth-order valence-corrected chi connectivity index (χ4v) is 3.92. The molecule has 0 aromatic heterocycles. The Hall–Kier alpha value is -2.20. The summed E-state index contributed by atoms with van der Waals surface area (Å²) in [5.41, 5.74) is 2.97. The van der Waals surface area contributed by atoms with Gasteiger partial charge < -0.3 is 4.90 Å². The molecule has 124 valence electrons. The first-order chi connectivity index (χ1) is 11.7. The Kier molecular flexibility index (Phi) is 3.85. The van der Waals surface area contributed by atoms with Gasteiger partial charge in [-0.15, -0.1) is 0 Å². The predicted octanol–water partition coefficient (Wildman–Crippen LogP) is 3.38. The molecule has 2 heterocycles.